The Labute approximate surface area is 118 Å². The number of nitrogens with zero attached hydrogens (tertiary/aromatic N) is 1. The molecule has 6 heteroatoms. The molecule has 1 aromatic rings. The molecule has 1 heterocycles. The van der Waals surface area contributed by atoms with Gasteiger partial charge in [-0.15, -0.1) is 0 Å². The van der Waals surface area contributed by atoms with Gasteiger partial charge in [-0.05, 0) is 17.9 Å². The zero-order valence-corrected chi connectivity index (χ0v) is 12.0. The van der Waals surface area contributed by atoms with Crippen LogP contribution in [-0.2, 0) is 4.79 Å². The van der Waals surface area contributed by atoms with Gasteiger partial charge >= 0.3 is 5.97 Å². The number of aromatic nitrogens is 1. The summed E-state index contributed by atoms with van der Waals surface area (Å²) in [6, 6.07) is 1.13. The molecule has 1 atom stereocenters. The van der Waals surface area contributed by atoms with Crippen LogP contribution in [0.5, 0.6) is 0 Å². The van der Waals surface area contributed by atoms with Crippen molar-refractivity contribution >= 4 is 17.6 Å². The Kier molecular flexibility index (Phi) is 5.21. The Balaban J connectivity index is 2.58. The van der Waals surface area contributed by atoms with Crippen molar-refractivity contribution in [3.8, 4) is 0 Å². The Bertz CT molecular complexity index is 495. The fourth-order valence-electron chi connectivity index (χ4n) is 1.93. The lowest BCUT2D eigenvalue weighted by atomic mass is 9.87. The van der Waals surface area contributed by atoms with Crippen molar-refractivity contribution in [3.63, 3.8) is 0 Å². The molecule has 4 N–H and O–H groups in total. The first-order valence-electron chi connectivity index (χ1n) is 6.41. The number of anilines is 1. The number of hydrogen-bond donors (Lipinski definition) is 3. The van der Waals surface area contributed by atoms with E-state index in [4.69, 9.17) is 10.8 Å². The number of rotatable bonds is 5. The van der Waals surface area contributed by atoms with Gasteiger partial charge in [0.1, 0.15) is 0 Å². The van der Waals surface area contributed by atoms with Crippen molar-refractivity contribution in [2.24, 2.45) is 11.1 Å². The van der Waals surface area contributed by atoms with Crippen LogP contribution >= 0.6 is 0 Å². The minimum atomic E-state index is -1.09. The van der Waals surface area contributed by atoms with Crippen LogP contribution in [0.4, 0.5) is 5.69 Å². The molecule has 1 amide bonds. The zero-order chi connectivity index (χ0) is 15.3. The van der Waals surface area contributed by atoms with Crippen LogP contribution in [0.25, 0.3) is 0 Å². The predicted molar refractivity (Wildman–Crippen MR) is 76.5 cm³/mol. The molecule has 0 aliphatic rings. The van der Waals surface area contributed by atoms with Crippen molar-refractivity contribution in [2.45, 2.75) is 39.7 Å². The summed E-state index contributed by atoms with van der Waals surface area (Å²) in [5.74, 6) is -1.33. The first kappa shape index (κ1) is 16.1. The van der Waals surface area contributed by atoms with Crippen LogP contribution in [0.1, 0.15) is 44.0 Å². The van der Waals surface area contributed by atoms with E-state index < -0.39 is 5.97 Å². The lowest BCUT2D eigenvalue weighted by Crippen LogP contribution is -2.31. The minimum Gasteiger partial charge on any atom is -0.478 e. The molecule has 0 aliphatic carbocycles. The third-order valence-electron chi connectivity index (χ3n) is 2.59. The molecule has 1 unspecified atom stereocenters. The zero-order valence-electron chi connectivity index (χ0n) is 12.0. The number of hydrogen-bond acceptors (Lipinski definition) is 4. The first-order valence-corrected chi connectivity index (χ1v) is 6.41. The molecule has 20 heavy (non-hydrogen) atoms. The number of nitrogens with two attached hydrogens (primary N) is 1. The van der Waals surface area contributed by atoms with Crippen LogP contribution < -0.4 is 11.1 Å². The predicted octanol–water partition coefficient (Wildman–Crippen LogP) is 1.87. The average Bonchev–Trinajstić information content (AvgIpc) is 2.25. The maximum absolute atomic E-state index is 11.8. The van der Waals surface area contributed by atoms with E-state index in [2.05, 4.69) is 31.1 Å². The summed E-state index contributed by atoms with van der Waals surface area (Å²) in [4.78, 5) is 26.4. The first-order chi connectivity index (χ1) is 9.17. The monoisotopic (exact) mass is 279 g/mol. The number of carboxylic acid groups (broad SMARTS) is 1. The number of amides is 1. The van der Waals surface area contributed by atoms with Crippen LogP contribution in [0.2, 0.25) is 0 Å². The van der Waals surface area contributed by atoms with Gasteiger partial charge in [0, 0.05) is 18.7 Å². The lowest BCUT2D eigenvalue weighted by Gasteiger charge is -2.22. The van der Waals surface area contributed by atoms with E-state index in [1.54, 1.807) is 0 Å². The van der Waals surface area contributed by atoms with Crippen molar-refractivity contribution in [1.29, 1.82) is 0 Å². The number of nitrogens with one attached hydrogen (secondary N) is 1. The number of aromatic carboxylic acids is 1. The minimum absolute atomic E-state index is 0.0294. The number of carboxylic acids is 1. The standard InChI is InChI=1S/C14H21N3O3/c1-14(2,3)6-10(15)5-12(18)17-11-4-9(13(19)20)7-16-8-11/h4,7-8,10H,5-6,15H2,1-3H3,(H,17,18)(H,19,20). The molecular weight excluding hydrogens is 258 g/mol. The maximum Gasteiger partial charge on any atom is 0.337 e. The van der Waals surface area contributed by atoms with Gasteiger partial charge in [-0.2, -0.15) is 0 Å². The maximum atomic E-state index is 11.8. The molecule has 110 valence electrons. The Morgan fingerprint density at radius 1 is 1.40 bits per heavy atom. The third-order valence-corrected chi connectivity index (χ3v) is 2.59. The van der Waals surface area contributed by atoms with Gasteiger partial charge in [0.15, 0.2) is 0 Å². The second kappa shape index (κ2) is 6.47. The highest BCUT2D eigenvalue weighted by Gasteiger charge is 2.18. The van der Waals surface area contributed by atoms with E-state index in [0.29, 0.717) is 5.69 Å². The van der Waals surface area contributed by atoms with Gasteiger partial charge in [0.25, 0.3) is 0 Å². The number of pyridine rings is 1. The fraction of sp³-hybridized carbons (Fsp3) is 0.500. The molecule has 0 fully saturated rings. The second-order valence-electron chi connectivity index (χ2n) is 6.04. The van der Waals surface area contributed by atoms with Crippen LogP contribution in [-0.4, -0.2) is 28.0 Å². The molecule has 0 bridgehead atoms. The van der Waals surface area contributed by atoms with E-state index in [1.807, 2.05) is 0 Å². The van der Waals surface area contributed by atoms with Crippen molar-refractivity contribution in [3.05, 3.63) is 24.0 Å². The van der Waals surface area contributed by atoms with Gasteiger partial charge in [-0.1, -0.05) is 20.8 Å². The molecular formula is C14H21N3O3. The average molecular weight is 279 g/mol. The highest BCUT2D eigenvalue weighted by atomic mass is 16.4. The summed E-state index contributed by atoms with van der Waals surface area (Å²) in [7, 11) is 0. The van der Waals surface area contributed by atoms with Crippen molar-refractivity contribution < 1.29 is 14.7 Å². The second-order valence-corrected chi connectivity index (χ2v) is 6.04. The van der Waals surface area contributed by atoms with Gasteiger partial charge in [-0.3, -0.25) is 9.78 Å². The Hall–Kier alpha value is -1.95. The summed E-state index contributed by atoms with van der Waals surface area (Å²) < 4.78 is 0. The lowest BCUT2D eigenvalue weighted by molar-refractivity contribution is -0.116. The molecule has 1 rings (SSSR count). The van der Waals surface area contributed by atoms with Crippen LogP contribution in [0, 0.1) is 5.41 Å². The molecule has 0 spiro atoms. The van der Waals surface area contributed by atoms with E-state index in [-0.39, 0.29) is 29.3 Å². The van der Waals surface area contributed by atoms with E-state index in [9.17, 15) is 9.59 Å². The SMILES string of the molecule is CC(C)(C)CC(N)CC(=O)Nc1cncc(C(=O)O)c1. The largest absolute Gasteiger partial charge is 0.478 e. The normalized spacial score (nSPS) is 12.8. The van der Waals surface area contributed by atoms with Gasteiger partial charge in [0.2, 0.25) is 5.91 Å². The fourth-order valence-corrected chi connectivity index (χ4v) is 1.93. The topological polar surface area (TPSA) is 105 Å². The summed E-state index contributed by atoms with van der Waals surface area (Å²) in [6.45, 7) is 6.18. The van der Waals surface area contributed by atoms with Gasteiger partial charge in [0.05, 0.1) is 17.4 Å². The van der Waals surface area contributed by atoms with E-state index in [1.165, 1.54) is 18.5 Å². The summed E-state index contributed by atoms with van der Waals surface area (Å²) >= 11 is 0. The van der Waals surface area contributed by atoms with E-state index in [0.717, 1.165) is 6.42 Å². The quantitative estimate of drug-likeness (QED) is 0.763. The summed E-state index contributed by atoms with van der Waals surface area (Å²) in [5, 5.41) is 11.5. The van der Waals surface area contributed by atoms with E-state index >= 15 is 0 Å². The Morgan fingerprint density at radius 2 is 2.05 bits per heavy atom. The number of carbonyl (C=O) groups is 2. The molecule has 6 nitrogen and oxygen atoms in total. The smallest absolute Gasteiger partial charge is 0.337 e. The highest BCUT2D eigenvalue weighted by molar-refractivity contribution is 5.93. The van der Waals surface area contributed by atoms with Crippen molar-refractivity contribution in [2.75, 3.05) is 5.32 Å². The third kappa shape index (κ3) is 5.79. The summed E-state index contributed by atoms with van der Waals surface area (Å²) in [5.41, 5.74) is 6.37. The van der Waals surface area contributed by atoms with Crippen LogP contribution in [0.3, 0.4) is 0 Å². The Morgan fingerprint density at radius 3 is 2.60 bits per heavy atom. The molecule has 0 saturated carbocycles. The number of carbonyl (C=O) groups excluding carboxylic acids is 1. The molecule has 0 saturated heterocycles. The van der Waals surface area contributed by atoms with Gasteiger partial charge in [-0.25, -0.2) is 4.79 Å². The molecule has 0 aliphatic heterocycles. The molecule has 0 radical (unpaired) electrons. The van der Waals surface area contributed by atoms with Crippen molar-refractivity contribution in [1.82, 2.24) is 4.98 Å². The highest BCUT2D eigenvalue weighted by Crippen LogP contribution is 2.21. The molecule has 1 aromatic heterocycles. The summed E-state index contributed by atoms with van der Waals surface area (Å²) in [6.07, 6.45) is 3.55. The van der Waals surface area contributed by atoms with Crippen LogP contribution in [0.15, 0.2) is 18.5 Å². The van der Waals surface area contributed by atoms with Gasteiger partial charge < -0.3 is 16.2 Å². The molecule has 0 aromatic carbocycles.